The highest BCUT2D eigenvalue weighted by Gasteiger charge is 2.40. The zero-order valence-electron chi connectivity index (χ0n) is 17.5. The predicted molar refractivity (Wildman–Crippen MR) is 116 cm³/mol. The smallest absolute Gasteiger partial charge is 0.258 e. The largest absolute Gasteiger partial charge is 0.378 e. The Morgan fingerprint density at radius 2 is 1.97 bits per heavy atom. The number of H-pyrrole nitrogens is 1. The summed E-state index contributed by atoms with van der Waals surface area (Å²) in [5.41, 5.74) is 1.77. The normalized spacial score (nSPS) is 23.3. The second-order valence-electron chi connectivity index (χ2n) is 8.40. The van der Waals surface area contributed by atoms with E-state index in [0.29, 0.717) is 17.4 Å². The van der Waals surface area contributed by atoms with E-state index < -0.39 is 17.7 Å². The van der Waals surface area contributed by atoms with Gasteiger partial charge in [-0.3, -0.25) is 14.6 Å². The third kappa shape index (κ3) is 3.52. The van der Waals surface area contributed by atoms with Crippen LogP contribution in [0.15, 0.2) is 29.1 Å². The van der Waals surface area contributed by atoms with Gasteiger partial charge >= 0.3 is 0 Å². The van der Waals surface area contributed by atoms with Crippen LogP contribution in [0.3, 0.4) is 0 Å². The van der Waals surface area contributed by atoms with Crippen LogP contribution in [0.4, 0.5) is 17.5 Å². The average Bonchev–Trinajstić information content (AvgIpc) is 2.72. The van der Waals surface area contributed by atoms with Crippen LogP contribution in [-0.2, 0) is 4.79 Å². The molecule has 1 fully saturated rings. The van der Waals surface area contributed by atoms with Crippen LogP contribution in [-0.4, -0.2) is 43.1 Å². The number of rotatable bonds is 3. The lowest BCUT2D eigenvalue weighted by atomic mass is 9.79. The molecule has 0 bridgehead atoms. The number of benzene rings is 1. The summed E-state index contributed by atoms with van der Waals surface area (Å²) in [7, 11) is 3.88. The molecule has 4 rings (SSSR count). The number of hydrogen-bond acceptors (Lipinski definition) is 6. The highest BCUT2D eigenvalue weighted by Crippen LogP contribution is 2.38. The fraction of sp³-hybridized carbons (Fsp3) is 0.455. The average molecular weight is 406 g/mol. The summed E-state index contributed by atoms with van der Waals surface area (Å²) >= 11 is 0. The highest BCUT2D eigenvalue weighted by atomic mass is 16.2. The van der Waals surface area contributed by atoms with Crippen molar-refractivity contribution < 1.29 is 4.79 Å². The van der Waals surface area contributed by atoms with Gasteiger partial charge in [0.15, 0.2) is 0 Å². The maximum Gasteiger partial charge on any atom is 0.258 e. The molecule has 8 heteroatoms. The molecule has 1 saturated heterocycles. The van der Waals surface area contributed by atoms with Gasteiger partial charge in [-0.15, -0.1) is 0 Å². The van der Waals surface area contributed by atoms with Crippen molar-refractivity contribution in [2.45, 2.75) is 25.7 Å². The number of aromatic amines is 1. The molecule has 0 radical (unpaired) electrons. The van der Waals surface area contributed by atoms with Crippen LogP contribution in [0.2, 0.25) is 0 Å². The Kier molecular flexibility index (Phi) is 5.20. The number of aromatic nitrogens is 2. The molecule has 1 amide bonds. The maximum absolute atomic E-state index is 13.1. The molecule has 2 aromatic rings. The SMILES string of the molecule is CC1CCCN(c2nc3c(c(=O)[nH]2)C(c2ccc(N(C)C)cc2)C(C#N)C(=O)N3)C1. The van der Waals surface area contributed by atoms with Crippen LogP contribution < -0.4 is 20.7 Å². The summed E-state index contributed by atoms with van der Waals surface area (Å²) in [6, 6.07) is 9.65. The van der Waals surface area contributed by atoms with E-state index in [-0.39, 0.29) is 11.4 Å². The summed E-state index contributed by atoms with van der Waals surface area (Å²) in [5, 5.41) is 12.4. The number of piperidine rings is 1. The number of amides is 1. The van der Waals surface area contributed by atoms with E-state index in [4.69, 9.17) is 0 Å². The molecule has 0 aliphatic carbocycles. The molecule has 3 heterocycles. The quantitative estimate of drug-likeness (QED) is 0.810. The Bertz CT molecular complexity index is 1050. The van der Waals surface area contributed by atoms with Gasteiger partial charge < -0.3 is 15.1 Å². The maximum atomic E-state index is 13.1. The van der Waals surface area contributed by atoms with Crippen molar-refractivity contribution in [3.05, 3.63) is 45.7 Å². The second-order valence-corrected chi connectivity index (χ2v) is 8.40. The van der Waals surface area contributed by atoms with E-state index in [1.54, 1.807) is 0 Å². The minimum atomic E-state index is -0.994. The molecule has 2 aliphatic rings. The summed E-state index contributed by atoms with van der Waals surface area (Å²) < 4.78 is 0. The van der Waals surface area contributed by atoms with Gasteiger partial charge in [0.05, 0.1) is 11.6 Å². The molecule has 3 unspecified atom stereocenters. The van der Waals surface area contributed by atoms with Gasteiger partial charge in [0, 0.05) is 38.8 Å². The lowest BCUT2D eigenvalue weighted by Crippen LogP contribution is -2.41. The standard InChI is InChI=1S/C22H26N6O2/c1-13-5-4-10-28(12-13)22-25-19-18(21(30)26-22)17(16(11-23)20(29)24-19)14-6-8-15(9-7-14)27(2)3/h6-9,13,16-17H,4-5,10,12H2,1-3H3,(H2,24,25,26,29,30). The molecule has 156 valence electrons. The zero-order valence-corrected chi connectivity index (χ0v) is 17.5. The van der Waals surface area contributed by atoms with Gasteiger partial charge in [-0.25, -0.2) is 0 Å². The van der Waals surface area contributed by atoms with Gasteiger partial charge in [0.2, 0.25) is 11.9 Å². The van der Waals surface area contributed by atoms with Crippen LogP contribution in [0.5, 0.6) is 0 Å². The van der Waals surface area contributed by atoms with Crippen LogP contribution in [0.25, 0.3) is 0 Å². The number of carbonyl (C=O) groups excluding carboxylic acids is 1. The van der Waals surface area contributed by atoms with Crippen molar-refractivity contribution >= 4 is 23.4 Å². The molecule has 0 saturated carbocycles. The Morgan fingerprint density at radius 1 is 1.23 bits per heavy atom. The molecule has 8 nitrogen and oxygen atoms in total. The molecular weight excluding hydrogens is 380 g/mol. The summed E-state index contributed by atoms with van der Waals surface area (Å²) in [5.74, 6) is -0.844. The van der Waals surface area contributed by atoms with Crippen molar-refractivity contribution in [3.63, 3.8) is 0 Å². The minimum absolute atomic E-state index is 0.255. The number of nitriles is 1. The molecule has 2 aliphatic heterocycles. The number of nitrogens with zero attached hydrogens (tertiary/aromatic N) is 4. The van der Waals surface area contributed by atoms with Crippen molar-refractivity contribution in [2.24, 2.45) is 11.8 Å². The van der Waals surface area contributed by atoms with Gasteiger partial charge in [0.25, 0.3) is 5.56 Å². The second kappa shape index (κ2) is 7.82. The Labute approximate surface area is 175 Å². The third-order valence-electron chi connectivity index (χ3n) is 5.98. The van der Waals surface area contributed by atoms with E-state index in [1.165, 1.54) is 0 Å². The molecule has 3 atom stereocenters. The van der Waals surface area contributed by atoms with Gasteiger partial charge in [-0.2, -0.15) is 10.2 Å². The number of fused-ring (bicyclic) bond motifs is 1. The van der Waals surface area contributed by atoms with Crippen molar-refractivity contribution in [3.8, 4) is 6.07 Å². The minimum Gasteiger partial charge on any atom is -0.378 e. The third-order valence-corrected chi connectivity index (χ3v) is 5.98. The monoisotopic (exact) mass is 406 g/mol. The highest BCUT2D eigenvalue weighted by molar-refractivity contribution is 5.98. The Hall–Kier alpha value is -3.34. The van der Waals surface area contributed by atoms with Gasteiger partial charge in [0.1, 0.15) is 11.7 Å². The first-order valence-electron chi connectivity index (χ1n) is 10.3. The lowest BCUT2D eigenvalue weighted by molar-refractivity contribution is -0.119. The van der Waals surface area contributed by atoms with E-state index in [9.17, 15) is 14.9 Å². The molecule has 30 heavy (non-hydrogen) atoms. The molecule has 1 aromatic carbocycles. The van der Waals surface area contributed by atoms with Crippen LogP contribution >= 0.6 is 0 Å². The van der Waals surface area contributed by atoms with Crippen LogP contribution in [0, 0.1) is 23.2 Å². The van der Waals surface area contributed by atoms with Gasteiger partial charge in [-0.05, 0) is 36.5 Å². The molecule has 1 aromatic heterocycles. The van der Waals surface area contributed by atoms with Crippen LogP contribution in [0.1, 0.15) is 36.8 Å². The predicted octanol–water partition coefficient (Wildman–Crippen LogP) is 2.30. The number of hydrogen-bond donors (Lipinski definition) is 2. The van der Waals surface area contributed by atoms with E-state index in [0.717, 1.165) is 37.2 Å². The first-order chi connectivity index (χ1) is 14.4. The summed E-state index contributed by atoms with van der Waals surface area (Å²) in [6.07, 6.45) is 2.18. The zero-order chi connectivity index (χ0) is 21.4. The topological polar surface area (TPSA) is 105 Å². The fourth-order valence-corrected chi connectivity index (χ4v) is 4.37. The van der Waals surface area contributed by atoms with Crippen molar-refractivity contribution in [2.75, 3.05) is 42.3 Å². The molecule has 2 N–H and O–H groups in total. The fourth-order valence-electron chi connectivity index (χ4n) is 4.37. The molecular formula is C22H26N6O2. The van der Waals surface area contributed by atoms with Gasteiger partial charge in [-0.1, -0.05) is 19.1 Å². The van der Waals surface area contributed by atoms with E-state index in [1.807, 2.05) is 43.3 Å². The van der Waals surface area contributed by atoms with E-state index >= 15 is 0 Å². The first kappa shape index (κ1) is 20.0. The van der Waals surface area contributed by atoms with Crippen molar-refractivity contribution in [1.29, 1.82) is 5.26 Å². The number of carbonyl (C=O) groups is 1. The molecule has 0 spiro atoms. The van der Waals surface area contributed by atoms with E-state index in [2.05, 4.69) is 33.2 Å². The number of nitrogens with one attached hydrogen (secondary N) is 2. The number of anilines is 3. The Balaban J connectivity index is 1.79. The van der Waals surface area contributed by atoms with Crippen molar-refractivity contribution in [1.82, 2.24) is 9.97 Å². The lowest BCUT2D eigenvalue weighted by Gasteiger charge is -2.33. The summed E-state index contributed by atoms with van der Waals surface area (Å²) in [4.78, 5) is 37.4. The summed E-state index contributed by atoms with van der Waals surface area (Å²) in [6.45, 7) is 3.80. The first-order valence-corrected chi connectivity index (χ1v) is 10.3. The Morgan fingerprint density at radius 3 is 2.60 bits per heavy atom.